The van der Waals surface area contributed by atoms with Crippen LogP contribution in [-0.2, 0) is 12.5 Å². The van der Waals surface area contributed by atoms with E-state index < -0.39 is 0 Å². The van der Waals surface area contributed by atoms with Crippen LogP contribution in [0.5, 0.6) is 0 Å². The van der Waals surface area contributed by atoms with Crippen LogP contribution in [0.3, 0.4) is 0 Å². The van der Waals surface area contributed by atoms with Crippen LogP contribution in [0.2, 0.25) is 0 Å². The Bertz CT molecular complexity index is 269. The zero-order valence-electron chi connectivity index (χ0n) is 7.80. The third-order valence-corrected chi connectivity index (χ3v) is 3.00. The van der Waals surface area contributed by atoms with Crippen molar-refractivity contribution < 1.29 is 0 Å². The summed E-state index contributed by atoms with van der Waals surface area (Å²) in [7, 11) is 1.96. The Morgan fingerprint density at radius 3 is 2.67 bits per heavy atom. The van der Waals surface area contributed by atoms with E-state index in [2.05, 4.69) is 24.4 Å². The van der Waals surface area contributed by atoms with Gasteiger partial charge in [-0.3, -0.25) is 4.68 Å². The van der Waals surface area contributed by atoms with Crippen molar-refractivity contribution in [3.05, 3.63) is 18.0 Å². The lowest BCUT2D eigenvalue weighted by molar-refractivity contribution is 0.490. The van der Waals surface area contributed by atoms with Gasteiger partial charge in [0.1, 0.15) is 6.20 Å². The highest BCUT2D eigenvalue weighted by atomic mass is 15.2. The van der Waals surface area contributed by atoms with Gasteiger partial charge in [-0.1, -0.05) is 19.8 Å². The van der Waals surface area contributed by atoms with Crippen LogP contribution in [0.4, 0.5) is 0 Å². The van der Waals surface area contributed by atoms with Crippen molar-refractivity contribution >= 4 is 0 Å². The van der Waals surface area contributed by atoms with Crippen molar-refractivity contribution in [1.29, 1.82) is 0 Å². The Kier molecular flexibility index (Phi) is 1.71. The van der Waals surface area contributed by atoms with Gasteiger partial charge in [-0.2, -0.15) is 5.10 Å². The van der Waals surface area contributed by atoms with E-state index in [9.17, 15) is 0 Å². The number of hydrogen-bond donors (Lipinski definition) is 0. The molecule has 0 unspecified atom stereocenters. The first-order valence-corrected chi connectivity index (χ1v) is 4.62. The van der Waals surface area contributed by atoms with E-state index in [1.165, 1.54) is 31.2 Å². The van der Waals surface area contributed by atoms with Gasteiger partial charge in [-0.15, -0.1) is 0 Å². The number of nitrogens with zero attached hydrogens (tertiary/aromatic N) is 2. The molecule has 1 aromatic heterocycles. The predicted molar refractivity (Wildman–Crippen MR) is 47.9 cm³/mol. The summed E-state index contributed by atoms with van der Waals surface area (Å²) in [4.78, 5) is 0. The molecule has 0 aromatic carbocycles. The van der Waals surface area contributed by atoms with Gasteiger partial charge in [0.15, 0.2) is 0 Å². The first-order valence-electron chi connectivity index (χ1n) is 4.62. The van der Waals surface area contributed by atoms with Gasteiger partial charge in [-0.05, 0) is 18.3 Å². The number of rotatable bonds is 1. The van der Waals surface area contributed by atoms with Crippen molar-refractivity contribution in [2.24, 2.45) is 7.05 Å². The summed E-state index contributed by atoms with van der Waals surface area (Å²) >= 11 is 0. The summed E-state index contributed by atoms with van der Waals surface area (Å²) in [6.07, 6.45) is 10.5. The minimum atomic E-state index is 0.369. The maximum atomic E-state index is 4.10. The lowest BCUT2D eigenvalue weighted by Gasteiger charge is -2.20. The van der Waals surface area contributed by atoms with Crippen molar-refractivity contribution in [1.82, 2.24) is 9.78 Å². The molecule has 0 atom stereocenters. The SMILES string of the molecule is Cn1cc(C2(C)CCCC2)[c]n1. The molecule has 0 spiro atoms. The Balaban J connectivity index is 2.28. The molecular formula is C10H15N2. The first kappa shape index (κ1) is 7.84. The predicted octanol–water partition coefficient (Wildman–Crippen LogP) is 2.05. The molecule has 1 saturated carbocycles. The summed E-state index contributed by atoms with van der Waals surface area (Å²) in [6, 6.07) is 0. The lowest BCUT2D eigenvalue weighted by Crippen LogP contribution is -2.15. The standard InChI is InChI=1S/C10H15N2/c1-10(5-3-4-6-10)9-7-11-12(2)8-9/h8H,3-6H2,1-2H3. The molecule has 2 rings (SSSR count). The van der Waals surface area contributed by atoms with E-state index in [0.29, 0.717) is 5.41 Å². The van der Waals surface area contributed by atoms with Crippen LogP contribution in [0.15, 0.2) is 6.20 Å². The topological polar surface area (TPSA) is 17.8 Å². The van der Waals surface area contributed by atoms with E-state index in [0.717, 1.165) is 0 Å². The van der Waals surface area contributed by atoms with E-state index in [-0.39, 0.29) is 0 Å². The fourth-order valence-corrected chi connectivity index (χ4v) is 2.09. The normalized spacial score (nSPS) is 21.5. The second-order valence-corrected chi connectivity index (χ2v) is 4.10. The highest BCUT2D eigenvalue weighted by Gasteiger charge is 2.31. The van der Waals surface area contributed by atoms with Gasteiger partial charge >= 0.3 is 0 Å². The molecule has 2 heteroatoms. The molecule has 1 heterocycles. The van der Waals surface area contributed by atoms with E-state index in [1.807, 2.05) is 11.7 Å². The highest BCUT2D eigenvalue weighted by molar-refractivity contribution is 5.18. The third kappa shape index (κ3) is 1.15. The van der Waals surface area contributed by atoms with Crippen molar-refractivity contribution in [3.63, 3.8) is 0 Å². The summed E-state index contributed by atoms with van der Waals surface area (Å²) in [5.41, 5.74) is 1.66. The molecule has 0 saturated heterocycles. The Morgan fingerprint density at radius 2 is 2.17 bits per heavy atom. The minimum Gasteiger partial charge on any atom is -0.275 e. The largest absolute Gasteiger partial charge is 0.275 e. The highest BCUT2D eigenvalue weighted by Crippen LogP contribution is 2.39. The van der Waals surface area contributed by atoms with Crippen LogP contribution in [0.1, 0.15) is 38.2 Å². The summed E-state index contributed by atoms with van der Waals surface area (Å²) in [5.74, 6) is 0. The fraction of sp³-hybridized carbons (Fsp3) is 0.700. The fourth-order valence-electron chi connectivity index (χ4n) is 2.09. The second-order valence-electron chi connectivity index (χ2n) is 4.10. The smallest absolute Gasteiger partial charge is 0.117 e. The van der Waals surface area contributed by atoms with Gasteiger partial charge in [0.25, 0.3) is 0 Å². The quantitative estimate of drug-likeness (QED) is 0.619. The van der Waals surface area contributed by atoms with Crippen molar-refractivity contribution in [3.8, 4) is 0 Å². The molecule has 0 aliphatic heterocycles. The number of aryl methyl sites for hydroxylation is 1. The minimum absolute atomic E-state index is 0.369. The molecule has 65 valence electrons. The molecule has 0 amide bonds. The lowest BCUT2D eigenvalue weighted by atomic mass is 9.83. The Hall–Kier alpha value is -0.790. The van der Waals surface area contributed by atoms with Crippen molar-refractivity contribution in [2.75, 3.05) is 0 Å². The van der Waals surface area contributed by atoms with Crippen LogP contribution >= 0.6 is 0 Å². The van der Waals surface area contributed by atoms with E-state index >= 15 is 0 Å². The molecule has 1 aliphatic carbocycles. The molecule has 1 fully saturated rings. The maximum absolute atomic E-state index is 4.10. The van der Waals surface area contributed by atoms with Crippen LogP contribution < -0.4 is 0 Å². The zero-order valence-corrected chi connectivity index (χ0v) is 7.80. The summed E-state index contributed by atoms with van der Waals surface area (Å²) in [5, 5.41) is 4.10. The van der Waals surface area contributed by atoms with Gasteiger partial charge in [0, 0.05) is 18.8 Å². The third-order valence-electron chi connectivity index (χ3n) is 3.00. The van der Waals surface area contributed by atoms with Crippen molar-refractivity contribution in [2.45, 2.75) is 38.0 Å². The van der Waals surface area contributed by atoms with Crippen LogP contribution in [0.25, 0.3) is 0 Å². The molecule has 1 aromatic rings. The number of aromatic nitrogens is 2. The second kappa shape index (κ2) is 2.61. The maximum Gasteiger partial charge on any atom is 0.117 e. The molecule has 1 aliphatic rings. The molecule has 1 radical (unpaired) electrons. The first-order chi connectivity index (χ1) is 5.71. The summed E-state index contributed by atoms with van der Waals surface area (Å²) < 4.78 is 1.85. The van der Waals surface area contributed by atoms with E-state index in [1.54, 1.807) is 0 Å². The van der Waals surface area contributed by atoms with Gasteiger partial charge in [-0.25, -0.2) is 0 Å². The summed E-state index contributed by atoms with van der Waals surface area (Å²) in [6.45, 7) is 2.33. The molecule has 0 N–H and O–H groups in total. The number of hydrogen-bond acceptors (Lipinski definition) is 1. The van der Waals surface area contributed by atoms with Gasteiger partial charge in [0.05, 0.1) is 0 Å². The Labute approximate surface area is 73.6 Å². The average molecular weight is 163 g/mol. The van der Waals surface area contributed by atoms with Crippen LogP contribution in [0, 0.1) is 6.20 Å². The van der Waals surface area contributed by atoms with E-state index in [4.69, 9.17) is 0 Å². The van der Waals surface area contributed by atoms with Gasteiger partial charge < -0.3 is 0 Å². The van der Waals surface area contributed by atoms with Gasteiger partial charge in [0.2, 0.25) is 0 Å². The average Bonchev–Trinajstić information content (AvgIpc) is 2.59. The molecular weight excluding hydrogens is 148 g/mol. The molecule has 2 nitrogen and oxygen atoms in total. The molecule has 12 heavy (non-hydrogen) atoms. The Morgan fingerprint density at radius 1 is 1.50 bits per heavy atom. The zero-order chi connectivity index (χ0) is 8.60. The monoisotopic (exact) mass is 163 g/mol. The molecule has 0 bridgehead atoms. The van der Waals surface area contributed by atoms with Crippen LogP contribution in [-0.4, -0.2) is 9.78 Å².